The second-order valence-electron chi connectivity index (χ2n) is 4.41. The number of benzene rings is 1. The van der Waals surface area contributed by atoms with Crippen molar-refractivity contribution in [2.45, 2.75) is 24.8 Å². The Bertz CT molecular complexity index is 476. The van der Waals surface area contributed by atoms with Crippen LogP contribution in [0.25, 0.3) is 0 Å². The van der Waals surface area contributed by atoms with E-state index in [1.807, 2.05) is 6.07 Å². The van der Waals surface area contributed by atoms with Crippen molar-refractivity contribution in [3.8, 4) is 6.07 Å². The predicted octanol–water partition coefficient (Wildman–Crippen LogP) is 1.73. The standard InChI is InChI=1S/C13H14N2O2.ClH/c14-9-11-4-1-3-10(7-11)8-13(12(16)17)5-2-6-15-13;/h1,3-4,7,15H,2,5-6,8H2,(H,16,17);1H/t13-;/m1./s1. The number of rotatable bonds is 3. The van der Waals surface area contributed by atoms with Crippen LogP contribution in [0.3, 0.4) is 0 Å². The summed E-state index contributed by atoms with van der Waals surface area (Å²) in [5.74, 6) is -0.808. The average Bonchev–Trinajstić information content (AvgIpc) is 2.79. The second-order valence-corrected chi connectivity index (χ2v) is 4.41. The molecule has 2 rings (SSSR count). The van der Waals surface area contributed by atoms with E-state index in [0.29, 0.717) is 18.4 Å². The first kappa shape index (κ1) is 14.5. The summed E-state index contributed by atoms with van der Waals surface area (Å²) in [5, 5.41) is 21.2. The number of carboxylic acids is 1. The molecule has 1 saturated heterocycles. The third kappa shape index (κ3) is 2.81. The van der Waals surface area contributed by atoms with Crippen LogP contribution in [0.5, 0.6) is 0 Å². The van der Waals surface area contributed by atoms with Crippen LogP contribution in [-0.2, 0) is 11.2 Å². The van der Waals surface area contributed by atoms with Crippen LogP contribution >= 0.6 is 12.4 Å². The van der Waals surface area contributed by atoms with Crippen LogP contribution in [0.1, 0.15) is 24.0 Å². The maximum Gasteiger partial charge on any atom is 0.324 e. The molecule has 2 N–H and O–H groups in total. The summed E-state index contributed by atoms with van der Waals surface area (Å²) < 4.78 is 0. The van der Waals surface area contributed by atoms with E-state index in [2.05, 4.69) is 11.4 Å². The van der Waals surface area contributed by atoms with Crippen molar-refractivity contribution in [2.24, 2.45) is 0 Å². The number of hydrogen-bond acceptors (Lipinski definition) is 3. The minimum absolute atomic E-state index is 0. The molecule has 18 heavy (non-hydrogen) atoms. The van der Waals surface area contributed by atoms with Gasteiger partial charge in [-0.2, -0.15) is 5.26 Å². The molecule has 1 heterocycles. The topological polar surface area (TPSA) is 73.1 Å². The van der Waals surface area contributed by atoms with Gasteiger partial charge in [0.25, 0.3) is 0 Å². The number of nitrogens with zero attached hydrogens (tertiary/aromatic N) is 1. The van der Waals surface area contributed by atoms with Crippen molar-refractivity contribution >= 4 is 18.4 Å². The Morgan fingerprint density at radius 2 is 2.33 bits per heavy atom. The highest BCUT2D eigenvalue weighted by atomic mass is 35.5. The molecule has 0 spiro atoms. The van der Waals surface area contributed by atoms with Crippen LogP contribution in [0.2, 0.25) is 0 Å². The number of nitrogens with one attached hydrogen (secondary N) is 1. The fraction of sp³-hybridized carbons (Fsp3) is 0.385. The third-order valence-corrected chi connectivity index (χ3v) is 3.22. The summed E-state index contributed by atoms with van der Waals surface area (Å²) in [5.41, 5.74) is 0.607. The molecule has 0 aliphatic carbocycles. The molecule has 1 atom stereocenters. The summed E-state index contributed by atoms with van der Waals surface area (Å²) in [7, 11) is 0. The van der Waals surface area contributed by atoms with E-state index in [1.54, 1.807) is 18.2 Å². The fourth-order valence-electron chi connectivity index (χ4n) is 2.31. The molecule has 1 aromatic rings. The van der Waals surface area contributed by atoms with Gasteiger partial charge >= 0.3 is 5.97 Å². The number of carbonyl (C=O) groups is 1. The normalized spacial score (nSPS) is 21.9. The molecule has 0 amide bonds. The summed E-state index contributed by atoms with van der Waals surface area (Å²) in [6.45, 7) is 0.740. The Morgan fingerprint density at radius 3 is 2.89 bits per heavy atom. The van der Waals surface area contributed by atoms with Crippen LogP contribution in [0.4, 0.5) is 0 Å². The highest BCUT2D eigenvalue weighted by Gasteiger charge is 2.40. The maximum atomic E-state index is 11.4. The minimum atomic E-state index is -0.853. The lowest BCUT2D eigenvalue weighted by Crippen LogP contribution is -2.49. The molecular weight excluding hydrogens is 252 g/mol. The minimum Gasteiger partial charge on any atom is -0.480 e. The monoisotopic (exact) mass is 266 g/mol. The van der Waals surface area contributed by atoms with Gasteiger partial charge in [0.2, 0.25) is 0 Å². The van der Waals surface area contributed by atoms with Gasteiger partial charge in [-0.3, -0.25) is 4.79 Å². The Labute approximate surface area is 112 Å². The number of hydrogen-bond donors (Lipinski definition) is 2. The summed E-state index contributed by atoms with van der Waals surface area (Å²) in [6, 6.07) is 9.20. The largest absolute Gasteiger partial charge is 0.480 e. The molecule has 0 aromatic heterocycles. The molecule has 1 fully saturated rings. The van der Waals surface area contributed by atoms with Crippen molar-refractivity contribution < 1.29 is 9.90 Å². The highest BCUT2D eigenvalue weighted by Crippen LogP contribution is 2.24. The summed E-state index contributed by atoms with van der Waals surface area (Å²) >= 11 is 0. The molecule has 0 radical (unpaired) electrons. The molecule has 0 saturated carbocycles. The fourth-order valence-corrected chi connectivity index (χ4v) is 2.31. The van der Waals surface area contributed by atoms with E-state index in [1.165, 1.54) is 0 Å². The number of aliphatic carboxylic acids is 1. The smallest absolute Gasteiger partial charge is 0.324 e. The van der Waals surface area contributed by atoms with Crippen molar-refractivity contribution in [1.29, 1.82) is 5.26 Å². The van der Waals surface area contributed by atoms with Gasteiger partial charge in [0.05, 0.1) is 11.6 Å². The van der Waals surface area contributed by atoms with Crippen LogP contribution in [-0.4, -0.2) is 23.2 Å². The predicted molar refractivity (Wildman–Crippen MR) is 69.7 cm³/mol. The van der Waals surface area contributed by atoms with Crippen LogP contribution in [0, 0.1) is 11.3 Å². The molecule has 1 aliphatic heterocycles. The van der Waals surface area contributed by atoms with Gasteiger partial charge in [0.15, 0.2) is 0 Å². The molecule has 1 aromatic carbocycles. The second kappa shape index (κ2) is 5.85. The van der Waals surface area contributed by atoms with Gasteiger partial charge < -0.3 is 10.4 Å². The number of carboxylic acid groups (broad SMARTS) is 1. The Kier molecular flexibility index (Phi) is 4.71. The first-order chi connectivity index (χ1) is 8.16. The quantitative estimate of drug-likeness (QED) is 0.874. The maximum absolute atomic E-state index is 11.4. The zero-order valence-electron chi connectivity index (χ0n) is 9.85. The van der Waals surface area contributed by atoms with E-state index in [-0.39, 0.29) is 12.4 Å². The lowest BCUT2D eigenvalue weighted by molar-refractivity contribution is -0.144. The molecule has 96 valence electrons. The molecule has 0 bridgehead atoms. The number of nitriles is 1. The van der Waals surface area contributed by atoms with Crippen LogP contribution in [0.15, 0.2) is 24.3 Å². The van der Waals surface area contributed by atoms with Gasteiger partial charge in [-0.1, -0.05) is 12.1 Å². The van der Waals surface area contributed by atoms with E-state index < -0.39 is 11.5 Å². The zero-order valence-corrected chi connectivity index (χ0v) is 10.7. The van der Waals surface area contributed by atoms with Gasteiger partial charge in [-0.25, -0.2) is 0 Å². The number of halogens is 1. The Hall–Kier alpha value is -1.57. The Balaban J connectivity index is 0.00000162. The van der Waals surface area contributed by atoms with Gasteiger partial charge in [-0.05, 0) is 37.1 Å². The van der Waals surface area contributed by atoms with Crippen molar-refractivity contribution in [3.05, 3.63) is 35.4 Å². The highest BCUT2D eigenvalue weighted by molar-refractivity contribution is 5.85. The van der Waals surface area contributed by atoms with Gasteiger partial charge in [0.1, 0.15) is 5.54 Å². The van der Waals surface area contributed by atoms with E-state index in [4.69, 9.17) is 5.26 Å². The first-order valence-corrected chi connectivity index (χ1v) is 5.64. The summed E-state index contributed by atoms with van der Waals surface area (Å²) in [6.07, 6.45) is 1.95. The molecule has 0 unspecified atom stereocenters. The van der Waals surface area contributed by atoms with Crippen molar-refractivity contribution in [2.75, 3.05) is 6.54 Å². The third-order valence-electron chi connectivity index (χ3n) is 3.22. The Morgan fingerprint density at radius 1 is 1.56 bits per heavy atom. The van der Waals surface area contributed by atoms with E-state index >= 15 is 0 Å². The van der Waals surface area contributed by atoms with Gasteiger partial charge in [-0.15, -0.1) is 12.4 Å². The van der Waals surface area contributed by atoms with Crippen molar-refractivity contribution in [3.63, 3.8) is 0 Å². The van der Waals surface area contributed by atoms with E-state index in [9.17, 15) is 9.90 Å². The molecule has 4 nitrogen and oxygen atoms in total. The lowest BCUT2D eigenvalue weighted by atomic mass is 9.89. The SMILES string of the molecule is Cl.N#Cc1cccc(C[C@@]2(C(=O)O)CCCN2)c1. The van der Waals surface area contributed by atoms with E-state index in [0.717, 1.165) is 18.5 Å². The lowest BCUT2D eigenvalue weighted by Gasteiger charge is -2.24. The van der Waals surface area contributed by atoms with Gasteiger partial charge in [0, 0.05) is 6.42 Å². The molecule has 5 heteroatoms. The average molecular weight is 267 g/mol. The summed E-state index contributed by atoms with van der Waals surface area (Å²) in [4.78, 5) is 11.4. The van der Waals surface area contributed by atoms with Crippen molar-refractivity contribution in [1.82, 2.24) is 5.32 Å². The first-order valence-electron chi connectivity index (χ1n) is 5.64. The zero-order chi connectivity index (χ0) is 12.3. The molecular formula is C13H15ClN2O2. The van der Waals surface area contributed by atoms with Crippen LogP contribution < -0.4 is 5.32 Å². The molecule has 1 aliphatic rings.